The summed E-state index contributed by atoms with van der Waals surface area (Å²) >= 11 is 0. The number of halogens is 1. The van der Waals surface area contributed by atoms with E-state index in [4.69, 9.17) is 9.26 Å². The molecule has 0 saturated carbocycles. The lowest BCUT2D eigenvalue weighted by Gasteiger charge is -2.27. The number of nitrogens with one attached hydrogen (secondary N) is 1. The molecule has 0 amide bonds. The van der Waals surface area contributed by atoms with Gasteiger partial charge in [-0.2, -0.15) is 10.1 Å². The lowest BCUT2D eigenvalue weighted by atomic mass is 10.1. The van der Waals surface area contributed by atoms with Crippen LogP contribution in [0.4, 0.5) is 0 Å². The molecule has 1 aliphatic heterocycles. The molecule has 4 heterocycles. The van der Waals surface area contributed by atoms with E-state index in [0.29, 0.717) is 18.3 Å². The fourth-order valence-electron chi connectivity index (χ4n) is 2.91. The van der Waals surface area contributed by atoms with Gasteiger partial charge >= 0.3 is 0 Å². The van der Waals surface area contributed by atoms with Crippen LogP contribution in [0, 0.1) is 13.8 Å². The number of hydrogen-bond acceptors (Lipinski definition) is 7. The Hall–Kier alpha value is -2.03. The van der Waals surface area contributed by atoms with Crippen LogP contribution >= 0.6 is 12.4 Å². The summed E-state index contributed by atoms with van der Waals surface area (Å²) in [4.78, 5) is 9.07. The van der Waals surface area contributed by atoms with Gasteiger partial charge in [-0.3, -0.25) is 0 Å². The predicted octanol–water partition coefficient (Wildman–Crippen LogP) is 1.87. The SMILES string of the molecule is Cc1cc(C)n2ncc(-c3noc([C@H]4NCCO[C@@H]4C)n3)c2n1.Cl. The first-order valence-corrected chi connectivity index (χ1v) is 7.64. The standard InChI is InChI=1S/C15H18N6O2.ClH/c1-8-6-9(2)21-14(18-8)11(7-17-21)13-19-15(23-20-13)12-10(3)22-5-4-16-12;/h6-7,10,12,16H,4-5H2,1-3H3;1H/t10-,12+;/m1./s1. The summed E-state index contributed by atoms with van der Waals surface area (Å²) in [5.41, 5.74) is 3.43. The topological polar surface area (TPSA) is 90.4 Å². The van der Waals surface area contributed by atoms with Gasteiger partial charge in [0.15, 0.2) is 5.65 Å². The zero-order valence-corrected chi connectivity index (χ0v) is 14.5. The first-order valence-electron chi connectivity index (χ1n) is 7.64. The van der Waals surface area contributed by atoms with Crippen molar-refractivity contribution < 1.29 is 9.26 Å². The van der Waals surface area contributed by atoms with Crippen LogP contribution < -0.4 is 5.32 Å². The van der Waals surface area contributed by atoms with Gasteiger partial charge in [0.1, 0.15) is 6.04 Å². The number of rotatable bonds is 2. The third-order valence-electron chi connectivity index (χ3n) is 4.04. The fraction of sp³-hybridized carbons (Fsp3) is 0.467. The lowest BCUT2D eigenvalue weighted by molar-refractivity contribution is -0.00136. The third kappa shape index (κ3) is 2.77. The number of aromatic nitrogens is 5. The molecule has 0 aromatic carbocycles. The quantitative estimate of drug-likeness (QED) is 0.754. The highest BCUT2D eigenvalue weighted by Gasteiger charge is 2.29. The highest BCUT2D eigenvalue weighted by molar-refractivity contribution is 5.85. The summed E-state index contributed by atoms with van der Waals surface area (Å²) in [6.45, 7) is 7.39. The van der Waals surface area contributed by atoms with E-state index in [1.807, 2.05) is 26.8 Å². The van der Waals surface area contributed by atoms with Crippen LogP contribution in [-0.2, 0) is 4.74 Å². The monoisotopic (exact) mass is 350 g/mol. The summed E-state index contributed by atoms with van der Waals surface area (Å²) < 4.78 is 12.8. The molecule has 2 atom stereocenters. The van der Waals surface area contributed by atoms with Gasteiger partial charge < -0.3 is 14.6 Å². The molecule has 0 spiro atoms. The van der Waals surface area contributed by atoms with Gasteiger partial charge in [-0.05, 0) is 26.8 Å². The van der Waals surface area contributed by atoms with Crippen molar-refractivity contribution in [3.05, 3.63) is 29.5 Å². The summed E-state index contributed by atoms with van der Waals surface area (Å²) in [6, 6.07) is 1.89. The van der Waals surface area contributed by atoms with Gasteiger partial charge in [-0.1, -0.05) is 5.16 Å². The molecule has 8 nitrogen and oxygen atoms in total. The van der Waals surface area contributed by atoms with Crippen LogP contribution in [0.5, 0.6) is 0 Å². The van der Waals surface area contributed by atoms with Gasteiger partial charge in [0.05, 0.1) is 24.5 Å². The van der Waals surface area contributed by atoms with Crippen LogP contribution in [0.3, 0.4) is 0 Å². The molecule has 0 bridgehead atoms. The molecule has 1 aliphatic rings. The van der Waals surface area contributed by atoms with Crippen molar-refractivity contribution in [2.24, 2.45) is 0 Å². The molecule has 3 aromatic rings. The average Bonchev–Trinajstić information content (AvgIpc) is 3.14. The summed E-state index contributed by atoms with van der Waals surface area (Å²) in [6.07, 6.45) is 1.71. The molecule has 0 aliphatic carbocycles. The summed E-state index contributed by atoms with van der Waals surface area (Å²) in [7, 11) is 0. The summed E-state index contributed by atoms with van der Waals surface area (Å²) in [5.74, 6) is 1.02. The van der Waals surface area contributed by atoms with Crippen molar-refractivity contribution in [3.63, 3.8) is 0 Å². The van der Waals surface area contributed by atoms with Crippen molar-refractivity contribution in [2.75, 3.05) is 13.2 Å². The van der Waals surface area contributed by atoms with E-state index in [-0.39, 0.29) is 24.6 Å². The van der Waals surface area contributed by atoms with Crippen LogP contribution in [0.1, 0.15) is 30.2 Å². The van der Waals surface area contributed by atoms with Crippen molar-refractivity contribution in [2.45, 2.75) is 32.9 Å². The van der Waals surface area contributed by atoms with Gasteiger partial charge in [0.25, 0.3) is 0 Å². The molecule has 0 radical (unpaired) electrons. The number of aryl methyl sites for hydroxylation is 2. The van der Waals surface area contributed by atoms with Crippen molar-refractivity contribution in [1.82, 2.24) is 30.1 Å². The second-order valence-corrected chi connectivity index (χ2v) is 5.80. The van der Waals surface area contributed by atoms with E-state index in [9.17, 15) is 0 Å². The molecule has 3 aromatic heterocycles. The molecule has 24 heavy (non-hydrogen) atoms. The molecule has 1 saturated heterocycles. The van der Waals surface area contributed by atoms with Crippen molar-refractivity contribution in [3.8, 4) is 11.4 Å². The zero-order chi connectivity index (χ0) is 16.0. The molecule has 0 unspecified atom stereocenters. The maximum absolute atomic E-state index is 5.63. The van der Waals surface area contributed by atoms with Crippen LogP contribution in [0.15, 0.2) is 16.8 Å². The normalized spacial score (nSPS) is 21.0. The van der Waals surface area contributed by atoms with Crippen molar-refractivity contribution >= 4 is 18.1 Å². The third-order valence-corrected chi connectivity index (χ3v) is 4.04. The lowest BCUT2D eigenvalue weighted by Crippen LogP contribution is -2.40. The number of hydrogen-bond donors (Lipinski definition) is 1. The van der Waals surface area contributed by atoms with Gasteiger partial charge in [-0.15, -0.1) is 12.4 Å². The minimum absolute atomic E-state index is 0. The Morgan fingerprint density at radius 1 is 1.29 bits per heavy atom. The summed E-state index contributed by atoms with van der Waals surface area (Å²) in [5, 5.41) is 11.8. The Balaban J connectivity index is 0.00000169. The smallest absolute Gasteiger partial charge is 0.246 e. The Morgan fingerprint density at radius 2 is 2.12 bits per heavy atom. The Morgan fingerprint density at radius 3 is 2.92 bits per heavy atom. The minimum Gasteiger partial charge on any atom is -0.375 e. The number of fused-ring (bicyclic) bond motifs is 1. The average molecular weight is 351 g/mol. The zero-order valence-electron chi connectivity index (χ0n) is 13.7. The molecule has 4 rings (SSSR count). The molecular formula is C15H19ClN6O2. The number of morpholine rings is 1. The molecule has 9 heteroatoms. The van der Waals surface area contributed by atoms with Gasteiger partial charge in [0.2, 0.25) is 11.7 Å². The van der Waals surface area contributed by atoms with E-state index in [1.165, 1.54) is 0 Å². The highest BCUT2D eigenvalue weighted by Crippen LogP contribution is 2.25. The van der Waals surface area contributed by atoms with E-state index in [2.05, 4.69) is 25.5 Å². The Kier molecular flexibility index (Phi) is 4.53. The predicted molar refractivity (Wildman–Crippen MR) is 89.2 cm³/mol. The van der Waals surface area contributed by atoms with Crippen LogP contribution in [0.2, 0.25) is 0 Å². The number of nitrogens with zero attached hydrogens (tertiary/aromatic N) is 5. The van der Waals surface area contributed by atoms with Crippen molar-refractivity contribution in [1.29, 1.82) is 0 Å². The fourth-order valence-corrected chi connectivity index (χ4v) is 2.91. The first kappa shape index (κ1) is 16.8. The van der Waals surface area contributed by atoms with E-state index >= 15 is 0 Å². The largest absolute Gasteiger partial charge is 0.375 e. The highest BCUT2D eigenvalue weighted by atomic mass is 35.5. The van der Waals surface area contributed by atoms with E-state index in [1.54, 1.807) is 10.7 Å². The molecule has 1 N–H and O–H groups in total. The van der Waals surface area contributed by atoms with Crippen LogP contribution in [0.25, 0.3) is 17.0 Å². The number of ether oxygens (including phenoxy) is 1. The second-order valence-electron chi connectivity index (χ2n) is 5.80. The Labute approximate surface area is 145 Å². The van der Waals surface area contributed by atoms with Gasteiger partial charge in [0, 0.05) is 17.9 Å². The Bertz CT molecular complexity index is 861. The van der Waals surface area contributed by atoms with Gasteiger partial charge in [-0.25, -0.2) is 9.50 Å². The van der Waals surface area contributed by atoms with E-state index < -0.39 is 0 Å². The maximum Gasteiger partial charge on any atom is 0.246 e. The minimum atomic E-state index is -0.0942. The molecular weight excluding hydrogens is 332 g/mol. The van der Waals surface area contributed by atoms with E-state index in [0.717, 1.165) is 29.1 Å². The maximum atomic E-state index is 5.63. The first-order chi connectivity index (χ1) is 11.1. The second kappa shape index (κ2) is 6.46. The molecule has 1 fully saturated rings. The van der Waals surface area contributed by atoms with Crippen LogP contribution in [-0.4, -0.2) is 44.0 Å². The molecule has 128 valence electrons.